The Morgan fingerprint density at radius 3 is 0.170 bits per heavy atom. The molecule has 0 aromatic heterocycles. The Hall–Kier alpha value is -0.530. The maximum Gasteiger partial charge on any atom is 0.302 e. The summed E-state index contributed by atoms with van der Waals surface area (Å²) in [4.78, 5) is 9.82. The van der Waals surface area contributed by atoms with Crippen molar-refractivity contribution in [2.24, 2.45) is 0 Å². The van der Waals surface area contributed by atoms with Gasteiger partial charge in [-0.1, -0.05) is 662 Å². The van der Waals surface area contributed by atoms with E-state index in [-0.39, 0.29) is 5.97 Å². The second-order valence-corrected chi connectivity index (χ2v) is 28.0. The summed E-state index contributed by atoms with van der Waals surface area (Å²) in [6.07, 6.45) is 81.5. The molecule has 0 amide bonds. The molecule has 0 aliphatic heterocycles. The highest BCUT2D eigenvalue weighted by Gasteiger charge is 1.82. The molecule has 0 fully saturated rings. The van der Waals surface area contributed by atoms with Gasteiger partial charge in [-0.05, 0) is 6.92 Å². The lowest BCUT2D eigenvalue weighted by Crippen LogP contribution is -1.95. The van der Waals surface area contributed by atoms with Gasteiger partial charge in [0.15, 0.2) is 0 Å². The van der Waals surface area contributed by atoms with Gasteiger partial charge < -0.3 is 4.74 Å². The van der Waals surface area contributed by atoms with Crippen LogP contribution in [0.1, 0.15) is 676 Å². The lowest BCUT2D eigenvalue weighted by molar-refractivity contribution is -0.140. The molecule has 0 rings (SSSR count). The van der Waals surface area contributed by atoms with Crippen LogP contribution in [0, 0.1) is 0 Å². The predicted octanol–water partition coefficient (Wildman–Crippen LogP) is 44.5. The molecule has 0 bridgehead atoms. The van der Waals surface area contributed by atoms with Crippen molar-refractivity contribution < 1.29 is 9.53 Å². The standard InChI is InChI=1S/20C5H12.C4H8O2/c20*1-3-5-4-2;1-3-6-4(2)5/h20*3-5H2,1-2H3;3H2,1-2H3. The maximum atomic E-state index is 9.82. The topological polar surface area (TPSA) is 26.3 Å². The number of unbranched alkanes of at least 4 members (excludes halogenated alkanes) is 40. The van der Waals surface area contributed by atoms with Crippen LogP contribution in [-0.2, 0) is 9.53 Å². The molecule has 0 aromatic rings. The van der Waals surface area contributed by atoms with Crippen LogP contribution in [0.5, 0.6) is 0 Å². The van der Waals surface area contributed by atoms with E-state index >= 15 is 0 Å². The fourth-order valence-electron chi connectivity index (χ4n) is 7.27. The Bertz CT molecular complexity index is 539. The van der Waals surface area contributed by atoms with Crippen LogP contribution in [0.4, 0.5) is 0 Å². The van der Waals surface area contributed by atoms with E-state index in [1.165, 1.54) is 392 Å². The Balaban J connectivity index is -0.0000000377. The summed E-state index contributed by atoms with van der Waals surface area (Å²) in [5.74, 6) is -0.211. The number of rotatable bonds is 41. The lowest BCUT2D eigenvalue weighted by Gasteiger charge is -1.89. The molecule has 0 aromatic carbocycles. The van der Waals surface area contributed by atoms with Gasteiger partial charge in [0, 0.05) is 6.92 Å². The largest absolute Gasteiger partial charge is 0.466 e. The smallest absolute Gasteiger partial charge is 0.302 e. The number of hydrogen-bond acceptors (Lipinski definition) is 2. The minimum Gasteiger partial charge on any atom is -0.466 e. The molecule has 0 N–H and O–H groups in total. The average molecular weight is 1530 g/mol. The van der Waals surface area contributed by atoms with Crippen molar-refractivity contribution in [3.63, 3.8) is 0 Å². The summed E-state index contributed by atoms with van der Waals surface area (Å²) in [6.45, 7) is 92.1. The van der Waals surface area contributed by atoms with Gasteiger partial charge in [-0.25, -0.2) is 0 Å². The molecule has 0 aliphatic rings. The first-order chi connectivity index (χ1) is 51.1. The van der Waals surface area contributed by atoms with Crippen LogP contribution < -0.4 is 0 Å². The molecule has 106 heavy (non-hydrogen) atoms. The summed E-state index contributed by atoms with van der Waals surface area (Å²) >= 11 is 0. The second-order valence-electron chi connectivity index (χ2n) is 28.0. The number of ether oxygens (including phenoxy) is 1. The highest BCUT2D eigenvalue weighted by molar-refractivity contribution is 5.65. The van der Waals surface area contributed by atoms with Gasteiger partial charge in [-0.15, -0.1) is 0 Å². The zero-order chi connectivity index (χ0) is 87.4. The molecule has 0 saturated heterocycles. The molecule has 0 atom stereocenters. The van der Waals surface area contributed by atoms with Crippen LogP contribution in [0.25, 0.3) is 0 Å². The molecule has 0 heterocycles. The van der Waals surface area contributed by atoms with Gasteiger partial charge >= 0.3 is 5.97 Å². The normalized spacial score (nSPS) is 8.36. The molecule has 676 valence electrons. The number of carbonyl (C=O) groups is 1. The number of esters is 1. The zero-order valence-corrected chi connectivity index (χ0v) is 86.5. The molecule has 0 aliphatic carbocycles. The van der Waals surface area contributed by atoms with E-state index in [4.69, 9.17) is 0 Å². The SMILES string of the molecule is CCCCC.CCCCC.CCCCC.CCCCC.CCCCC.CCCCC.CCCCC.CCCCC.CCCCC.CCCCC.CCCCC.CCCCC.CCCCC.CCCCC.CCCCC.CCCCC.CCCCC.CCCCC.CCCCC.CCCCC.CCOC(C)=O. The third-order valence-corrected chi connectivity index (χ3v) is 14.5. The highest BCUT2D eigenvalue weighted by Crippen LogP contribution is 1.97. The maximum absolute atomic E-state index is 9.82. The first-order valence-corrected chi connectivity index (χ1v) is 50.2. The van der Waals surface area contributed by atoms with Gasteiger partial charge in [0.1, 0.15) is 0 Å². The molecular weight excluding hydrogens is 1280 g/mol. The van der Waals surface area contributed by atoms with Gasteiger partial charge in [0.25, 0.3) is 0 Å². The van der Waals surface area contributed by atoms with Crippen molar-refractivity contribution in [2.45, 2.75) is 676 Å². The van der Waals surface area contributed by atoms with Crippen LogP contribution in [0.3, 0.4) is 0 Å². The summed E-state index contributed by atoms with van der Waals surface area (Å²) in [5.41, 5.74) is 0. The van der Waals surface area contributed by atoms with Crippen LogP contribution in [0.2, 0.25) is 0 Å². The first-order valence-electron chi connectivity index (χ1n) is 50.2. The van der Waals surface area contributed by atoms with E-state index in [0.717, 1.165) is 0 Å². The Labute approximate surface area is 694 Å². The Morgan fingerprint density at radius 2 is 0.170 bits per heavy atom. The van der Waals surface area contributed by atoms with Crippen molar-refractivity contribution in [3.05, 3.63) is 0 Å². The minimum atomic E-state index is -0.211. The lowest BCUT2D eigenvalue weighted by atomic mass is 10.3. The molecule has 0 unspecified atom stereocenters. The summed E-state index contributed by atoms with van der Waals surface area (Å²) in [5, 5.41) is 0. The molecule has 0 saturated carbocycles. The van der Waals surface area contributed by atoms with Gasteiger partial charge in [-0.3, -0.25) is 4.79 Å². The van der Waals surface area contributed by atoms with Gasteiger partial charge in [-0.2, -0.15) is 0 Å². The van der Waals surface area contributed by atoms with E-state index in [1.54, 1.807) is 6.92 Å². The average Bonchev–Trinajstić information content (AvgIpc) is 3.81. The fraction of sp³-hybridized carbons (Fsp3) is 0.990. The van der Waals surface area contributed by atoms with Crippen LogP contribution in [-0.4, -0.2) is 12.6 Å². The zero-order valence-electron chi connectivity index (χ0n) is 86.5. The van der Waals surface area contributed by atoms with E-state index in [9.17, 15) is 4.79 Å². The molecule has 0 spiro atoms. The monoisotopic (exact) mass is 1530 g/mol. The third-order valence-electron chi connectivity index (χ3n) is 14.5. The molecule has 2 nitrogen and oxygen atoms in total. The Kier molecular flexibility index (Phi) is 410. The fourth-order valence-corrected chi connectivity index (χ4v) is 7.27. The second kappa shape index (κ2) is 269. The van der Waals surface area contributed by atoms with Crippen molar-refractivity contribution in [3.8, 4) is 0 Å². The predicted molar refractivity (Wildman–Crippen MR) is 526 cm³/mol. The third kappa shape index (κ3) is 602. The quantitative estimate of drug-likeness (QED) is 0.0570. The summed E-state index contributed by atoms with van der Waals surface area (Å²) in [6, 6.07) is 0. The molecular formula is C104H248O2. The summed E-state index contributed by atoms with van der Waals surface area (Å²) in [7, 11) is 0. The van der Waals surface area contributed by atoms with Crippen LogP contribution in [0.15, 0.2) is 0 Å². The number of carbonyl (C=O) groups excluding carboxylic acids is 1. The van der Waals surface area contributed by atoms with Gasteiger partial charge in [0.2, 0.25) is 0 Å². The van der Waals surface area contributed by atoms with E-state index in [0.29, 0.717) is 6.61 Å². The van der Waals surface area contributed by atoms with Crippen LogP contribution >= 0.6 is 0 Å². The molecule has 2 heteroatoms. The summed E-state index contributed by atoms with van der Waals surface area (Å²) < 4.78 is 4.40. The van der Waals surface area contributed by atoms with Crippen molar-refractivity contribution in [2.75, 3.05) is 6.61 Å². The minimum absolute atomic E-state index is 0.211. The van der Waals surface area contributed by atoms with E-state index in [1.807, 2.05) is 0 Å². The number of hydrogen-bond donors (Lipinski definition) is 0. The van der Waals surface area contributed by atoms with E-state index < -0.39 is 0 Å². The highest BCUT2D eigenvalue weighted by atomic mass is 16.5. The van der Waals surface area contributed by atoms with Crippen molar-refractivity contribution in [1.29, 1.82) is 0 Å². The molecule has 0 radical (unpaired) electrons. The van der Waals surface area contributed by atoms with Crippen molar-refractivity contribution >= 4 is 5.97 Å². The Morgan fingerprint density at radius 1 is 0.123 bits per heavy atom. The van der Waals surface area contributed by atoms with Crippen molar-refractivity contribution in [1.82, 2.24) is 0 Å². The first kappa shape index (κ1) is 161. The van der Waals surface area contributed by atoms with Gasteiger partial charge in [0.05, 0.1) is 6.61 Å². The van der Waals surface area contributed by atoms with E-state index in [2.05, 4.69) is 282 Å².